The number of hydrogen-bond donors (Lipinski definition) is 1. The van der Waals surface area contributed by atoms with Crippen molar-refractivity contribution in [3.8, 4) is 0 Å². The fourth-order valence-corrected chi connectivity index (χ4v) is 6.37. The number of piperidine rings is 2. The Morgan fingerprint density at radius 2 is 1.78 bits per heavy atom. The van der Waals surface area contributed by atoms with Crippen LogP contribution in [0.15, 0.2) is 11.4 Å². The van der Waals surface area contributed by atoms with Crippen molar-refractivity contribution in [2.45, 2.75) is 63.3 Å². The lowest BCUT2D eigenvalue weighted by Gasteiger charge is -2.44. The van der Waals surface area contributed by atoms with Gasteiger partial charge in [-0.1, -0.05) is 12.8 Å². The molecule has 5 nitrogen and oxygen atoms in total. The van der Waals surface area contributed by atoms with Crippen LogP contribution in [0.25, 0.3) is 0 Å². The number of hydrogen-bond acceptors (Lipinski definition) is 4. The first kappa shape index (κ1) is 18.9. The molecule has 1 saturated carbocycles. The number of nitrogens with zero attached hydrogens (tertiary/aromatic N) is 2. The van der Waals surface area contributed by atoms with Crippen molar-refractivity contribution < 1.29 is 9.59 Å². The summed E-state index contributed by atoms with van der Waals surface area (Å²) in [6, 6.07) is 2.62. The summed E-state index contributed by atoms with van der Waals surface area (Å²) in [5, 5.41) is 2.07. The first-order chi connectivity index (χ1) is 13.1. The van der Waals surface area contributed by atoms with Gasteiger partial charge in [0.15, 0.2) is 0 Å². The predicted octanol–water partition coefficient (Wildman–Crippen LogP) is 3.21. The van der Waals surface area contributed by atoms with Gasteiger partial charge in [-0.15, -0.1) is 11.3 Å². The molecule has 0 aromatic carbocycles. The van der Waals surface area contributed by atoms with Gasteiger partial charge in [-0.3, -0.25) is 14.5 Å². The number of rotatable bonds is 4. The summed E-state index contributed by atoms with van der Waals surface area (Å²) in [5.41, 5.74) is 6.19. The molecular weight excluding hydrogens is 358 g/mol. The first-order valence-corrected chi connectivity index (χ1v) is 11.4. The van der Waals surface area contributed by atoms with Crippen molar-refractivity contribution >= 4 is 23.2 Å². The molecule has 3 aliphatic rings. The van der Waals surface area contributed by atoms with Gasteiger partial charge in [-0.25, -0.2) is 0 Å². The molecule has 0 bridgehead atoms. The molecule has 3 fully saturated rings. The quantitative estimate of drug-likeness (QED) is 0.860. The van der Waals surface area contributed by atoms with Crippen molar-refractivity contribution in [2.24, 2.45) is 11.7 Å². The number of nitrogens with two attached hydrogens (primary N) is 1. The molecule has 0 spiro atoms. The lowest BCUT2D eigenvalue weighted by molar-refractivity contribution is -0.119. The molecule has 6 heteroatoms. The van der Waals surface area contributed by atoms with Crippen LogP contribution in [0.5, 0.6) is 0 Å². The highest BCUT2D eigenvalue weighted by molar-refractivity contribution is 7.10. The van der Waals surface area contributed by atoms with Crippen LogP contribution in [0.1, 0.15) is 72.5 Å². The number of primary amides is 1. The van der Waals surface area contributed by atoms with Crippen LogP contribution in [0.3, 0.4) is 0 Å². The lowest BCUT2D eigenvalue weighted by Crippen LogP contribution is -2.49. The average Bonchev–Trinajstić information content (AvgIpc) is 3.17. The standard InChI is InChI=1S/C21H31N3O2S/c22-20(25)13-23-10-7-16(8-11-23)19-12-17(14-27-19)21(26)24-9-3-5-15-4-1-2-6-18(15)24/h12,14-16,18H,1-11,13H2,(H2,22,25). The Balaban J connectivity index is 1.39. The second-order valence-electron chi connectivity index (χ2n) is 8.51. The van der Waals surface area contributed by atoms with E-state index in [1.54, 1.807) is 11.3 Å². The van der Waals surface area contributed by atoms with Gasteiger partial charge in [0.2, 0.25) is 5.91 Å². The van der Waals surface area contributed by atoms with E-state index in [9.17, 15) is 9.59 Å². The number of fused-ring (bicyclic) bond motifs is 1. The minimum absolute atomic E-state index is 0.250. The maximum absolute atomic E-state index is 13.2. The van der Waals surface area contributed by atoms with Crippen molar-refractivity contribution in [3.05, 3.63) is 21.9 Å². The van der Waals surface area contributed by atoms with Crippen LogP contribution in [0, 0.1) is 5.92 Å². The Kier molecular flexibility index (Phi) is 5.83. The molecule has 2 aliphatic heterocycles. The van der Waals surface area contributed by atoms with Crippen LogP contribution in [0.4, 0.5) is 0 Å². The van der Waals surface area contributed by atoms with E-state index in [0.717, 1.165) is 50.4 Å². The molecule has 1 aromatic heterocycles. The van der Waals surface area contributed by atoms with Crippen molar-refractivity contribution in [1.82, 2.24) is 9.80 Å². The molecule has 2 unspecified atom stereocenters. The fourth-order valence-electron chi connectivity index (χ4n) is 5.32. The minimum atomic E-state index is -0.250. The Morgan fingerprint density at radius 3 is 2.56 bits per heavy atom. The summed E-state index contributed by atoms with van der Waals surface area (Å²) in [6.45, 7) is 3.10. The van der Waals surface area contributed by atoms with Crippen LogP contribution in [-0.2, 0) is 4.79 Å². The molecule has 2 N–H and O–H groups in total. The van der Waals surface area contributed by atoms with E-state index in [-0.39, 0.29) is 11.8 Å². The molecular formula is C21H31N3O2S. The van der Waals surface area contributed by atoms with Crippen LogP contribution in [0.2, 0.25) is 0 Å². The third kappa shape index (κ3) is 4.21. The van der Waals surface area contributed by atoms with E-state index < -0.39 is 0 Å². The number of likely N-dealkylation sites (tertiary alicyclic amines) is 2. The summed E-state index contributed by atoms with van der Waals surface area (Å²) < 4.78 is 0. The van der Waals surface area contributed by atoms with Gasteiger partial charge in [0, 0.05) is 22.8 Å². The zero-order valence-corrected chi connectivity index (χ0v) is 16.9. The van der Waals surface area contributed by atoms with Crippen molar-refractivity contribution in [2.75, 3.05) is 26.2 Å². The number of carbonyl (C=O) groups excluding carboxylic acids is 2. The average molecular weight is 390 g/mol. The van der Waals surface area contributed by atoms with E-state index in [1.165, 1.54) is 37.0 Å². The van der Waals surface area contributed by atoms with Gasteiger partial charge in [-0.05, 0) is 69.5 Å². The Hall–Kier alpha value is -1.40. The van der Waals surface area contributed by atoms with Gasteiger partial charge in [0.25, 0.3) is 5.91 Å². The van der Waals surface area contributed by atoms with Crippen LogP contribution in [-0.4, -0.2) is 53.8 Å². The van der Waals surface area contributed by atoms with Crippen LogP contribution >= 0.6 is 11.3 Å². The topological polar surface area (TPSA) is 66.6 Å². The highest BCUT2D eigenvalue weighted by atomic mass is 32.1. The van der Waals surface area contributed by atoms with E-state index in [1.807, 2.05) is 0 Å². The summed E-state index contributed by atoms with van der Waals surface area (Å²) in [4.78, 5) is 29.9. The molecule has 1 aromatic rings. The smallest absolute Gasteiger partial charge is 0.254 e. The van der Waals surface area contributed by atoms with E-state index in [2.05, 4.69) is 21.2 Å². The molecule has 4 rings (SSSR count). The summed E-state index contributed by atoms with van der Waals surface area (Å²) in [6.07, 6.45) is 9.62. The number of carbonyl (C=O) groups is 2. The van der Waals surface area contributed by atoms with E-state index in [4.69, 9.17) is 5.73 Å². The van der Waals surface area contributed by atoms with Gasteiger partial charge < -0.3 is 10.6 Å². The van der Waals surface area contributed by atoms with Crippen molar-refractivity contribution in [1.29, 1.82) is 0 Å². The fraction of sp³-hybridized carbons (Fsp3) is 0.714. The maximum Gasteiger partial charge on any atom is 0.254 e. The zero-order chi connectivity index (χ0) is 18.8. The zero-order valence-electron chi connectivity index (χ0n) is 16.1. The number of thiophene rings is 1. The molecule has 2 saturated heterocycles. The molecule has 148 valence electrons. The summed E-state index contributed by atoms with van der Waals surface area (Å²) in [7, 11) is 0. The predicted molar refractivity (Wildman–Crippen MR) is 108 cm³/mol. The Bertz CT molecular complexity index is 679. The molecule has 3 heterocycles. The Labute approximate surface area is 165 Å². The third-order valence-electron chi connectivity index (χ3n) is 6.74. The lowest BCUT2D eigenvalue weighted by atomic mass is 9.78. The monoisotopic (exact) mass is 389 g/mol. The van der Waals surface area contributed by atoms with Gasteiger partial charge >= 0.3 is 0 Å². The van der Waals surface area contributed by atoms with Crippen molar-refractivity contribution in [3.63, 3.8) is 0 Å². The second kappa shape index (κ2) is 8.31. The second-order valence-corrected chi connectivity index (χ2v) is 9.45. The Morgan fingerprint density at radius 1 is 1.04 bits per heavy atom. The normalized spacial score (nSPS) is 27.3. The largest absolute Gasteiger partial charge is 0.369 e. The van der Waals surface area contributed by atoms with Gasteiger partial charge in [0.1, 0.15) is 0 Å². The summed E-state index contributed by atoms with van der Waals surface area (Å²) >= 11 is 1.74. The van der Waals surface area contributed by atoms with Gasteiger partial charge in [-0.2, -0.15) is 0 Å². The molecule has 2 atom stereocenters. The maximum atomic E-state index is 13.2. The highest BCUT2D eigenvalue weighted by Gasteiger charge is 2.36. The van der Waals surface area contributed by atoms with E-state index in [0.29, 0.717) is 18.5 Å². The minimum Gasteiger partial charge on any atom is -0.369 e. The molecule has 27 heavy (non-hydrogen) atoms. The number of amides is 2. The molecule has 2 amide bonds. The molecule has 0 radical (unpaired) electrons. The highest BCUT2D eigenvalue weighted by Crippen LogP contribution is 2.37. The summed E-state index contributed by atoms with van der Waals surface area (Å²) in [5.74, 6) is 1.23. The van der Waals surface area contributed by atoms with Crippen LogP contribution < -0.4 is 5.73 Å². The third-order valence-corrected chi connectivity index (χ3v) is 7.84. The van der Waals surface area contributed by atoms with E-state index >= 15 is 0 Å². The van der Waals surface area contributed by atoms with Gasteiger partial charge in [0.05, 0.1) is 12.1 Å². The molecule has 1 aliphatic carbocycles. The first-order valence-electron chi connectivity index (χ1n) is 10.5. The SMILES string of the molecule is NC(=O)CN1CCC(c2cc(C(=O)N3CCCC4CCCCC43)cs2)CC1.